The quantitative estimate of drug-likeness (QED) is 0.642. The van der Waals surface area contributed by atoms with E-state index in [1.165, 1.54) is 0 Å². The molecule has 4 rings (SSSR count). The van der Waals surface area contributed by atoms with Gasteiger partial charge in [-0.2, -0.15) is 0 Å². The topological polar surface area (TPSA) is 60.6 Å². The van der Waals surface area contributed by atoms with Gasteiger partial charge in [-0.1, -0.05) is 0 Å². The summed E-state index contributed by atoms with van der Waals surface area (Å²) in [5, 5.41) is 1.98. The van der Waals surface area contributed by atoms with Crippen LogP contribution in [0, 0.1) is 6.92 Å². The van der Waals surface area contributed by atoms with Gasteiger partial charge in [-0.3, -0.25) is 4.98 Å². The van der Waals surface area contributed by atoms with Gasteiger partial charge in [-0.25, -0.2) is 0 Å². The summed E-state index contributed by atoms with van der Waals surface area (Å²) in [4.78, 5) is 6.61. The number of nitrogens with two attached hydrogens (primary N) is 1. The predicted octanol–water partition coefficient (Wildman–Crippen LogP) is 4.91. The summed E-state index contributed by atoms with van der Waals surface area (Å²) in [5.74, 6) is 1.51. The fraction of sp³-hybridized carbons (Fsp3) is 0.261. The highest BCUT2D eigenvalue weighted by Gasteiger charge is 2.20. The number of fused-ring (bicyclic) bond motifs is 2. The molecule has 0 amide bonds. The molecular formula is C23H25N3O2. The molecule has 5 heteroatoms. The van der Waals surface area contributed by atoms with E-state index in [9.17, 15) is 0 Å². The molecule has 0 unspecified atom stereocenters. The van der Waals surface area contributed by atoms with Gasteiger partial charge in [-0.05, 0) is 62.7 Å². The molecule has 0 saturated heterocycles. The van der Waals surface area contributed by atoms with Crippen molar-refractivity contribution < 1.29 is 9.47 Å². The smallest absolute Gasteiger partial charge is 0.169 e. The minimum absolute atomic E-state index is 0.567. The molecule has 2 heterocycles. The van der Waals surface area contributed by atoms with Crippen LogP contribution in [-0.2, 0) is 6.54 Å². The number of nitrogen functional groups attached to an aromatic ring is 1. The van der Waals surface area contributed by atoms with Crippen molar-refractivity contribution in [2.75, 3.05) is 23.8 Å². The molecule has 2 N–H and O–H groups in total. The third-order valence-electron chi connectivity index (χ3n) is 5.04. The number of pyridine rings is 1. The van der Waals surface area contributed by atoms with Gasteiger partial charge in [0.05, 0.1) is 24.6 Å². The molecule has 3 aromatic rings. The summed E-state index contributed by atoms with van der Waals surface area (Å²) in [5.41, 5.74) is 11.7. The fourth-order valence-electron chi connectivity index (χ4n) is 3.76. The highest BCUT2D eigenvalue weighted by Crippen LogP contribution is 2.42. The maximum atomic E-state index is 6.56. The van der Waals surface area contributed by atoms with Crippen LogP contribution in [0.25, 0.3) is 16.8 Å². The first-order valence-electron chi connectivity index (χ1n) is 9.64. The monoisotopic (exact) mass is 375 g/mol. The average molecular weight is 375 g/mol. The van der Waals surface area contributed by atoms with Crippen LogP contribution in [0.2, 0.25) is 0 Å². The van der Waals surface area contributed by atoms with Crippen LogP contribution < -0.4 is 20.1 Å². The second kappa shape index (κ2) is 7.43. The lowest BCUT2D eigenvalue weighted by Crippen LogP contribution is -2.21. The zero-order valence-electron chi connectivity index (χ0n) is 16.5. The summed E-state index contributed by atoms with van der Waals surface area (Å²) in [7, 11) is 0. The van der Waals surface area contributed by atoms with E-state index in [0.29, 0.717) is 13.2 Å². The van der Waals surface area contributed by atoms with Crippen LogP contribution in [-0.4, -0.2) is 18.2 Å². The van der Waals surface area contributed by atoms with Gasteiger partial charge in [0, 0.05) is 41.0 Å². The Kier molecular flexibility index (Phi) is 4.82. The van der Waals surface area contributed by atoms with Gasteiger partial charge in [0.2, 0.25) is 0 Å². The molecule has 0 bridgehead atoms. The number of anilines is 2. The van der Waals surface area contributed by atoms with Crippen LogP contribution >= 0.6 is 0 Å². The van der Waals surface area contributed by atoms with Gasteiger partial charge in [-0.15, -0.1) is 0 Å². The molecule has 1 aliphatic heterocycles. The third kappa shape index (κ3) is 3.03. The normalized spacial score (nSPS) is 12.9. The Morgan fingerprint density at radius 2 is 1.93 bits per heavy atom. The van der Waals surface area contributed by atoms with Crippen LogP contribution in [0.5, 0.6) is 11.5 Å². The largest absolute Gasteiger partial charge is 0.490 e. The molecule has 0 spiro atoms. The van der Waals surface area contributed by atoms with Crippen molar-refractivity contribution in [3.05, 3.63) is 59.5 Å². The van der Waals surface area contributed by atoms with E-state index in [2.05, 4.69) is 34.3 Å². The van der Waals surface area contributed by atoms with Crippen molar-refractivity contribution >= 4 is 28.2 Å². The maximum absolute atomic E-state index is 6.56. The molecule has 28 heavy (non-hydrogen) atoms. The van der Waals surface area contributed by atoms with Crippen LogP contribution in [0.3, 0.4) is 0 Å². The Balaban J connectivity index is 1.86. The van der Waals surface area contributed by atoms with Crippen molar-refractivity contribution in [1.29, 1.82) is 0 Å². The Labute approximate surface area is 165 Å². The van der Waals surface area contributed by atoms with Crippen molar-refractivity contribution in [3.63, 3.8) is 0 Å². The zero-order valence-corrected chi connectivity index (χ0v) is 16.5. The first-order chi connectivity index (χ1) is 13.6. The highest BCUT2D eigenvalue weighted by molar-refractivity contribution is 6.03. The van der Waals surface area contributed by atoms with Crippen molar-refractivity contribution in [1.82, 2.24) is 4.98 Å². The van der Waals surface area contributed by atoms with Crippen LogP contribution in [0.4, 0.5) is 11.4 Å². The first-order valence-corrected chi connectivity index (χ1v) is 9.64. The fourth-order valence-corrected chi connectivity index (χ4v) is 3.76. The molecule has 2 aromatic carbocycles. The lowest BCUT2D eigenvalue weighted by Gasteiger charge is -2.28. The lowest BCUT2D eigenvalue weighted by atomic mass is 9.95. The van der Waals surface area contributed by atoms with E-state index < -0.39 is 0 Å². The number of aromatic nitrogens is 1. The summed E-state index contributed by atoms with van der Waals surface area (Å²) in [6, 6.07) is 10.2. The predicted molar refractivity (Wildman–Crippen MR) is 115 cm³/mol. The second-order valence-electron chi connectivity index (χ2n) is 6.77. The minimum Gasteiger partial charge on any atom is -0.490 e. The molecule has 0 radical (unpaired) electrons. The van der Waals surface area contributed by atoms with Crippen molar-refractivity contribution in [2.45, 2.75) is 27.3 Å². The van der Waals surface area contributed by atoms with E-state index in [1.54, 1.807) is 0 Å². The third-order valence-corrected chi connectivity index (χ3v) is 5.04. The molecule has 5 nitrogen and oxygen atoms in total. The second-order valence-corrected chi connectivity index (χ2v) is 6.77. The van der Waals surface area contributed by atoms with E-state index in [1.807, 2.05) is 45.2 Å². The van der Waals surface area contributed by atoms with E-state index >= 15 is 0 Å². The van der Waals surface area contributed by atoms with Gasteiger partial charge in [0.1, 0.15) is 0 Å². The summed E-state index contributed by atoms with van der Waals surface area (Å²) in [6.45, 7) is 7.85. The molecule has 144 valence electrons. The highest BCUT2D eigenvalue weighted by atomic mass is 16.5. The number of hydrogen-bond donors (Lipinski definition) is 1. The molecule has 0 atom stereocenters. The Bertz CT molecular complexity index is 1060. The van der Waals surface area contributed by atoms with Crippen LogP contribution in [0.15, 0.2) is 42.7 Å². The molecular weight excluding hydrogens is 350 g/mol. The lowest BCUT2D eigenvalue weighted by molar-refractivity contribution is 0.291. The van der Waals surface area contributed by atoms with Crippen LogP contribution in [0.1, 0.15) is 30.7 Å². The number of rotatable bonds is 5. The summed E-state index contributed by atoms with van der Waals surface area (Å²) < 4.78 is 11.7. The molecule has 1 aliphatic rings. The SMILES string of the molecule is CCOc1ccc2c(N)c3c(cc2c1OCC)CN(c1cccnc1C)C=C3. The zero-order chi connectivity index (χ0) is 19.7. The first kappa shape index (κ1) is 18.2. The number of ether oxygens (including phenoxy) is 2. The van der Waals surface area contributed by atoms with E-state index in [4.69, 9.17) is 15.2 Å². The Morgan fingerprint density at radius 3 is 2.68 bits per heavy atom. The Morgan fingerprint density at radius 1 is 1.11 bits per heavy atom. The number of nitrogens with zero attached hydrogens (tertiary/aromatic N) is 2. The van der Waals surface area contributed by atoms with Crippen molar-refractivity contribution in [2.24, 2.45) is 0 Å². The van der Waals surface area contributed by atoms with E-state index in [0.717, 1.165) is 57.0 Å². The van der Waals surface area contributed by atoms with E-state index in [-0.39, 0.29) is 0 Å². The number of benzene rings is 2. The Hall–Kier alpha value is -3.21. The average Bonchev–Trinajstić information content (AvgIpc) is 2.70. The molecule has 0 saturated carbocycles. The van der Waals surface area contributed by atoms with Gasteiger partial charge in [0.25, 0.3) is 0 Å². The standard InChI is InChI=1S/C23H25N3O2/c1-4-27-21-9-8-18-19(23(21)28-5-2)13-16-14-26(12-10-17(16)22(18)24)20-7-6-11-25-15(20)3/h6-13H,4-5,14,24H2,1-3H3. The summed E-state index contributed by atoms with van der Waals surface area (Å²) in [6.07, 6.45) is 5.97. The number of hydrogen-bond acceptors (Lipinski definition) is 5. The summed E-state index contributed by atoms with van der Waals surface area (Å²) >= 11 is 0. The van der Waals surface area contributed by atoms with Gasteiger partial charge < -0.3 is 20.1 Å². The van der Waals surface area contributed by atoms with Gasteiger partial charge >= 0.3 is 0 Å². The minimum atomic E-state index is 0.567. The van der Waals surface area contributed by atoms with Gasteiger partial charge in [0.15, 0.2) is 11.5 Å². The molecule has 0 fully saturated rings. The molecule has 1 aromatic heterocycles. The van der Waals surface area contributed by atoms with Crippen molar-refractivity contribution in [3.8, 4) is 11.5 Å². The molecule has 0 aliphatic carbocycles. The maximum Gasteiger partial charge on any atom is 0.169 e. The number of aryl methyl sites for hydroxylation is 1.